The standard InChI is InChI=1S/C53H70O3Si/c1-35-31-39-41(33-43(51(3,4)5)47(54-12)45(39)37-25-19-17-20-26-37)49(35)57(14,30-24-16-15-23-29-56-53(9,10)11)50-36(2)32-40-42(50)34-44(52(6,7)8)48(55-13)46(40)38-27-21-18-22-28-38/h17-22,25-28,31-34,49-50H,15-16,23-24,29-30H2,1-14H3. The Morgan fingerprint density at radius 3 is 1.33 bits per heavy atom. The van der Waals surface area contributed by atoms with Crippen molar-refractivity contribution in [2.75, 3.05) is 20.8 Å². The quantitative estimate of drug-likeness (QED) is 0.0998. The van der Waals surface area contributed by atoms with Crippen molar-refractivity contribution >= 4 is 20.2 Å². The second kappa shape index (κ2) is 16.4. The molecule has 0 amide bonds. The second-order valence-electron chi connectivity index (χ2n) is 20.2. The van der Waals surface area contributed by atoms with Gasteiger partial charge in [0, 0.05) is 39.9 Å². The van der Waals surface area contributed by atoms with E-state index in [0.717, 1.165) is 24.5 Å². The van der Waals surface area contributed by atoms with Gasteiger partial charge in [-0.1, -0.05) is 169 Å². The predicted octanol–water partition coefficient (Wildman–Crippen LogP) is 14.9. The molecule has 0 aromatic heterocycles. The minimum absolute atomic E-state index is 0.0919. The van der Waals surface area contributed by atoms with Crippen LogP contribution >= 0.6 is 0 Å². The van der Waals surface area contributed by atoms with Crippen LogP contribution in [0, 0.1) is 0 Å². The van der Waals surface area contributed by atoms with Gasteiger partial charge in [-0.2, -0.15) is 0 Å². The van der Waals surface area contributed by atoms with E-state index in [1.807, 2.05) is 14.2 Å². The summed E-state index contributed by atoms with van der Waals surface area (Å²) in [7, 11) is 1.38. The third kappa shape index (κ3) is 8.50. The molecule has 57 heavy (non-hydrogen) atoms. The zero-order valence-corrected chi connectivity index (χ0v) is 38.7. The normalized spacial score (nSPS) is 17.8. The molecule has 4 aromatic carbocycles. The van der Waals surface area contributed by atoms with Crippen LogP contribution in [0.3, 0.4) is 0 Å². The number of unbranched alkanes of at least 4 members (excludes halogenated alkanes) is 3. The van der Waals surface area contributed by atoms with Crippen molar-refractivity contribution in [2.24, 2.45) is 0 Å². The van der Waals surface area contributed by atoms with Gasteiger partial charge in [-0.05, 0) is 85.3 Å². The molecule has 4 heteroatoms. The molecule has 0 saturated heterocycles. The van der Waals surface area contributed by atoms with E-state index in [4.69, 9.17) is 14.2 Å². The van der Waals surface area contributed by atoms with Gasteiger partial charge in [0.2, 0.25) is 0 Å². The molecule has 2 aliphatic carbocycles. The molecule has 0 aliphatic heterocycles. The lowest BCUT2D eigenvalue weighted by molar-refractivity contribution is -0.00471. The largest absolute Gasteiger partial charge is 0.496 e. The minimum Gasteiger partial charge on any atom is -0.496 e. The van der Waals surface area contributed by atoms with E-state index in [0.29, 0.717) is 11.1 Å². The average molecular weight is 783 g/mol. The first kappa shape index (κ1) is 42.7. The molecular weight excluding hydrogens is 713 g/mol. The molecule has 6 rings (SSSR count). The maximum absolute atomic E-state index is 6.41. The molecule has 0 radical (unpaired) electrons. The number of benzene rings is 4. The van der Waals surface area contributed by atoms with Crippen molar-refractivity contribution in [2.45, 2.75) is 142 Å². The van der Waals surface area contributed by atoms with Crippen molar-refractivity contribution in [3.05, 3.63) is 117 Å². The summed E-state index contributed by atoms with van der Waals surface area (Å²) in [6.45, 7) is 28.9. The summed E-state index contributed by atoms with van der Waals surface area (Å²) in [6, 6.07) is 28.3. The van der Waals surface area contributed by atoms with Gasteiger partial charge in [0.15, 0.2) is 0 Å². The molecule has 3 nitrogen and oxygen atoms in total. The highest BCUT2D eigenvalue weighted by Gasteiger charge is 2.51. The summed E-state index contributed by atoms with van der Waals surface area (Å²) in [5, 5.41) is 0. The van der Waals surface area contributed by atoms with Crippen LogP contribution in [0.1, 0.15) is 146 Å². The monoisotopic (exact) mass is 783 g/mol. The number of fused-ring (bicyclic) bond motifs is 2. The van der Waals surface area contributed by atoms with E-state index in [2.05, 4.69) is 168 Å². The molecule has 0 fully saturated rings. The number of methoxy groups -OCH3 is 2. The highest BCUT2D eigenvalue weighted by Crippen LogP contribution is 2.59. The Kier molecular flexibility index (Phi) is 12.3. The lowest BCUT2D eigenvalue weighted by Crippen LogP contribution is -2.45. The molecule has 2 aliphatic rings. The van der Waals surface area contributed by atoms with Crippen molar-refractivity contribution in [1.29, 1.82) is 0 Å². The minimum atomic E-state index is -2.33. The molecule has 0 N–H and O–H groups in total. The van der Waals surface area contributed by atoms with Crippen LogP contribution in [0.2, 0.25) is 12.6 Å². The highest BCUT2D eigenvalue weighted by molar-refractivity contribution is 6.83. The van der Waals surface area contributed by atoms with Gasteiger partial charge < -0.3 is 14.2 Å². The van der Waals surface area contributed by atoms with Crippen LogP contribution in [0.4, 0.5) is 0 Å². The van der Waals surface area contributed by atoms with Gasteiger partial charge in [-0.25, -0.2) is 0 Å². The van der Waals surface area contributed by atoms with Crippen molar-refractivity contribution in [3.8, 4) is 33.8 Å². The Bertz CT molecular complexity index is 1980. The van der Waals surface area contributed by atoms with Crippen LogP contribution in [0.5, 0.6) is 11.5 Å². The predicted molar refractivity (Wildman–Crippen MR) is 248 cm³/mol. The Labute approximate surface area is 347 Å². The van der Waals surface area contributed by atoms with Crippen molar-refractivity contribution in [3.63, 3.8) is 0 Å². The summed E-state index contributed by atoms with van der Waals surface area (Å²) in [6.07, 6.45) is 9.81. The fourth-order valence-electron chi connectivity index (χ4n) is 10.2. The number of allylic oxidation sites excluding steroid dienone is 2. The summed E-state index contributed by atoms with van der Waals surface area (Å²) >= 11 is 0. The van der Waals surface area contributed by atoms with Gasteiger partial charge in [0.05, 0.1) is 27.9 Å². The summed E-state index contributed by atoms with van der Waals surface area (Å²) in [5.74, 6) is 2.02. The molecule has 2 unspecified atom stereocenters. The first-order valence-corrected chi connectivity index (χ1v) is 24.3. The van der Waals surface area contributed by atoms with Gasteiger partial charge in [0.1, 0.15) is 11.5 Å². The highest BCUT2D eigenvalue weighted by atomic mass is 28.3. The van der Waals surface area contributed by atoms with Crippen molar-refractivity contribution < 1.29 is 14.2 Å². The summed E-state index contributed by atoms with van der Waals surface area (Å²) < 4.78 is 18.9. The van der Waals surface area contributed by atoms with E-state index in [9.17, 15) is 0 Å². The Morgan fingerprint density at radius 2 is 0.965 bits per heavy atom. The first-order chi connectivity index (χ1) is 26.8. The van der Waals surface area contributed by atoms with Crippen LogP contribution in [-0.4, -0.2) is 34.5 Å². The maximum atomic E-state index is 6.41. The smallest absolute Gasteiger partial charge is 0.131 e. The van der Waals surface area contributed by atoms with E-state index in [-0.39, 0.29) is 16.4 Å². The number of ether oxygens (including phenoxy) is 3. The Morgan fingerprint density at radius 1 is 0.561 bits per heavy atom. The SMILES string of the molecule is COc1c(C(C)(C)C)cc2c(c1-c1ccccc1)C=C(C)C2[Si](C)(CCCCCCOC(C)(C)C)C1C(C)=Cc2c1cc(C(C)(C)C)c(OC)c2-c1ccccc1. The lowest BCUT2D eigenvalue weighted by Gasteiger charge is -2.43. The van der Waals surface area contributed by atoms with Gasteiger partial charge >= 0.3 is 0 Å². The Balaban J connectivity index is 1.57. The summed E-state index contributed by atoms with van der Waals surface area (Å²) in [4.78, 5) is 0. The van der Waals surface area contributed by atoms with Crippen LogP contribution in [0.25, 0.3) is 34.4 Å². The lowest BCUT2D eigenvalue weighted by atomic mass is 9.81. The third-order valence-corrected chi connectivity index (χ3v) is 18.2. The zero-order chi connectivity index (χ0) is 41.5. The molecular formula is C53H70O3Si. The number of hydrogen-bond donors (Lipinski definition) is 0. The first-order valence-electron chi connectivity index (χ1n) is 21.4. The molecule has 304 valence electrons. The maximum Gasteiger partial charge on any atom is 0.131 e. The van der Waals surface area contributed by atoms with Gasteiger partial charge in [-0.15, -0.1) is 0 Å². The molecule has 2 atom stereocenters. The molecule has 0 saturated carbocycles. The second-order valence-corrected chi connectivity index (χ2v) is 24.8. The molecule has 0 bridgehead atoms. The fourth-order valence-corrected chi connectivity index (χ4v) is 16.2. The Hall–Kier alpha value is -3.86. The van der Waals surface area contributed by atoms with E-state index < -0.39 is 8.07 Å². The topological polar surface area (TPSA) is 27.7 Å². The number of hydrogen-bond acceptors (Lipinski definition) is 3. The third-order valence-electron chi connectivity index (χ3n) is 12.6. The zero-order valence-electron chi connectivity index (χ0n) is 37.7. The molecule has 0 spiro atoms. The molecule has 4 aromatic rings. The van der Waals surface area contributed by atoms with E-state index in [1.54, 1.807) is 0 Å². The summed E-state index contributed by atoms with van der Waals surface area (Å²) in [5.41, 5.74) is 16.6. The van der Waals surface area contributed by atoms with E-state index >= 15 is 0 Å². The van der Waals surface area contributed by atoms with E-state index in [1.165, 1.54) is 92.1 Å². The molecule has 0 heterocycles. The van der Waals surface area contributed by atoms with Crippen LogP contribution < -0.4 is 9.47 Å². The van der Waals surface area contributed by atoms with Gasteiger partial charge in [-0.3, -0.25) is 0 Å². The van der Waals surface area contributed by atoms with Gasteiger partial charge in [0.25, 0.3) is 0 Å². The number of rotatable bonds is 13. The average Bonchev–Trinajstić information content (AvgIpc) is 3.67. The van der Waals surface area contributed by atoms with Crippen LogP contribution in [0.15, 0.2) is 83.9 Å². The van der Waals surface area contributed by atoms with Crippen LogP contribution in [-0.2, 0) is 15.6 Å². The van der Waals surface area contributed by atoms with Crippen molar-refractivity contribution in [1.82, 2.24) is 0 Å². The fraction of sp³-hybridized carbons (Fsp3) is 0.472.